The van der Waals surface area contributed by atoms with Crippen LogP contribution in [0.15, 0.2) is 29.0 Å². The first-order chi connectivity index (χ1) is 10.7. The Kier molecular flexibility index (Phi) is 3.43. The summed E-state index contributed by atoms with van der Waals surface area (Å²) in [4.78, 5) is 8.81. The molecule has 3 fully saturated rings. The van der Waals surface area contributed by atoms with Gasteiger partial charge in [-0.1, -0.05) is 5.16 Å². The Morgan fingerprint density at radius 2 is 2.05 bits per heavy atom. The second kappa shape index (κ2) is 5.44. The van der Waals surface area contributed by atoms with Crippen molar-refractivity contribution >= 4 is 0 Å². The van der Waals surface area contributed by atoms with E-state index in [4.69, 9.17) is 4.52 Å². The first kappa shape index (κ1) is 13.8. The van der Waals surface area contributed by atoms with E-state index in [0.717, 1.165) is 43.2 Å². The van der Waals surface area contributed by atoms with Crippen LogP contribution < -0.4 is 0 Å². The second-order valence-corrected chi connectivity index (χ2v) is 6.35. The molecule has 0 radical (unpaired) electrons. The number of rotatable bonds is 4. The Bertz CT molecular complexity index is 662. The molecule has 0 saturated carbocycles. The molecule has 2 aromatic heterocycles. The van der Waals surface area contributed by atoms with Gasteiger partial charge in [-0.15, -0.1) is 0 Å². The largest absolute Gasteiger partial charge is 0.361 e. The van der Waals surface area contributed by atoms with Gasteiger partial charge in [-0.2, -0.15) is 0 Å². The molecule has 6 heteroatoms. The number of pyridine rings is 1. The van der Waals surface area contributed by atoms with Crippen LogP contribution in [0.5, 0.6) is 0 Å². The molecule has 0 N–H and O–H groups in total. The molecule has 0 spiro atoms. The number of fused-ring (bicyclic) bond motifs is 2. The van der Waals surface area contributed by atoms with Gasteiger partial charge in [-0.05, 0) is 25.0 Å². The summed E-state index contributed by atoms with van der Waals surface area (Å²) in [5.74, 6) is 0.601. The van der Waals surface area contributed by atoms with Crippen molar-refractivity contribution in [2.24, 2.45) is 0 Å². The van der Waals surface area contributed by atoms with Crippen LogP contribution >= 0.6 is 0 Å². The van der Waals surface area contributed by atoms with Crippen LogP contribution in [0.2, 0.25) is 0 Å². The molecule has 3 aliphatic heterocycles. The Morgan fingerprint density at radius 3 is 2.73 bits per heavy atom. The molecule has 5 rings (SSSR count). The molecule has 5 heterocycles. The zero-order valence-electron chi connectivity index (χ0n) is 12.6. The van der Waals surface area contributed by atoms with Crippen molar-refractivity contribution < 1.29 is 8.91 Å². The highest BCUT2D eigenvalue weighted by Crippen LogP contribution is 2.34. The Hall–Kier alpha value is -1.79. The van der Waals surface area contributed by atoms with Crippen molar-refractivity contribution in [3.63, 3.8) is 0 Å². The number of nitrogens with zero attached hydrogens (tertiary/aromatic N) is 4. The maximum atomic E-state index is 13.2. The van der Waals surface area contributed by atoms with Crippen molar-refractivity contribution in [2.45, 2.75) is 38.5 Å². The summed E-state index contributed by atoms with van der Waals surface area (Å²) in [6, 6.07) is 4.71. The highest BCUT2D eigenvalue weighted by Gasteiger charge is 2.44. The lowest BCUT2D eigenvalue weighted by Crippen LogP contribution is -2.67. The normalized spacial score (nSPS) is 25.2. The lowest BCUT2D eigenvalue weighted by Gasteiger charge is -2.56. The Morgan fingerprint density at radius 1 is 1.23 bits per heavy atom. The zero-order valence-corrected chi connectivity index (χ0v) is 12.6. The molecule has 3 saturated heterocycles. The molecule has 2 atom stereocenters. The summed E-state index contributed by atoms with van der Waals surface area (Å²) in [5.41, 5.74) is 1.95. The lowest BCUT2D eigenvalue weighted by molar-refractivity contribution is -0.0784. The summed E-state index contributed by atoms with van der Waals surface area (Å²) in [6.07, 6.45) is 4.24. The van der Waals surface area contributed by atoms with E-state index in [9.17, 15) is 4.39 Å². The molecule has 2 bridgehead atoms. The van der Waals surface area contributed by atoms with Gasteiger partial charge in [0.2, 0.25) is 0 Å². The van der Waals surface area contributed by atoms with E-state index < -0.39 is 0 Å². The van der Waals surface area contributed by atoms with Gasteiger partial charge in [0.15, 0.2) is 0 Å². The zero-order chi connectivity index (χ0) is 15.1. The van der Waals surface area contributed by atoms with E-state index in [1.54, 1.807) is 12.3 Å². The van der Waals surface area contributed by atoms with Crippen molar-refractivity contribution in [3.05, 3.63) is 47.4 Å². The van der Waals surface area contributed by atoms with Crippen LogP contribution in [-0.2, 0) is 13.1 Å². The average molecular weight is 302 g/mol. The van der Waals surface area contributed by atoms with Crippen molar-refractivity contribution in [1.82, 2.24) is 19.9 Å². The quantitative estimate of drug-likeness (QED) is 0.864. The monoisotopic (exact) mass is 302 g/mol. The van der Waals surface area contributed by atoms with E-state index in [0.29, 0.717) is 12.1 Å². The highest BCUT2D eigenvalue weighted by molar-refractivity contribution is 5.12. The summed E-state index contributed by atoms with van der Waals surface area (Å²) >= 11 is 0. The molecule has 22 heavy (non-hydrogen) atoms. The van der Waals surface area contributed by atoms with Crippen LogP contribution in [0.3, 0.4) is 0 Å². The summed E-state index contributed by atoms with van der Waals surface area (Å²) in [5, 5.41) is 4.08. The molecule has 2 unspecified atom stereocenters. The number of piperidine rings is 1. The third kappa shape index (κ3) is 2.64. The third-order valence-corrected chi connectivity index (χ3v) is 4.61. The Labute approximate surface area is 128 Å². The molecule has 0 aromatic carbocycles. The summed E-state index contributed by atoms with van der Waals surface area (Å²) < 4.78 is 18.3. The van der Waals surface area contributed by atoms with E-state index in [-0.39, 0.29) is 5.82 Å². The molecule has 0 amide bonds. The smallest absolute Gasteiger partial charge is 0.141 e. The maximum absolute atomic E-state index is 13.2. The number of halogens is 1. The van der Waals surface area contributed by atoms with Crippen LogP contribution in [0.4, 0.5) is 4.39 Å². The van der Waals surface area contributed by atoms with E-state index in [1.165, 1.54) is 12.6 Å². The van der Waals surface area contributed by atoms with Crippen molar-refractivity contribution in [3.8, 4) is 0 Å². The molecule has 5 nitrogen and oxygen atoms in total. The lowest BCUT2D eigenvalue weighted by atomic mass is 9.87. The number of aromatic nitrogens is 2. The fourth-order valence-corrected chi connectivity index (χ4v) is 3.64. The predicted octanol–water partition coefficient (Wildman–Crippen LogP) is 1.98. The minimum absolute atomic E-state index is 0.261. The minimum Gasteiger partial charge on any atom is -0.361 e. The summed E-state index contributed by atoms with van der Waals surface area (Å²) in [7, 11) is 0. The fraction of sp³-hybridized carbons (Fsp3) is 0.500. The Balaban J connectivity index is 1.36. The second-order valence-electron chi connectivity index (χ2n) is 6.35. The van der Waals surface area contributed by atoms with Crippen LogP contribution in [0, 0.1) is 12.7 Å². The minimum atomic E-state index is -0.261. The average Bonchev–Trinajstić information content (AvgIpc) is 2.90. The number of aryl methyl sites for hydroxylation is 1. The summed E-state index contributed by atoms with van der Waals surface area (Å²) in [6.45, 7) is 5.59. The predicted molar refractivity (Wildman–Crippen MR) is 78.4 cm³/mol. The van der Waals surface area contributed by atoms with E-state index in [2.05, 4.69) is 19.9 Å². The molecule has 2 aromatic rings. The van der Waals surface area contributed by atoms with Gasteiger partial charge < -0.3 is 4.52 Å². The maximum Gasteiger partial charge on any atom is 0.141 e. The van der Waals surface area contributed by atoms with Gasteiger partial charge in [0.1, 0.15) is 11.6 Å². The van der Waals surface area contributed by atoms with Gasteiger partial charge in [0.05, 0.1) is 11.9 Å². The van der Waals surface area contributed by atoms with Crippen LogP contribution in [-0.4, -0.2) is 45.1 Å². The van der Waals surface area contributed by atoms with Crippen molar-refractivity contribution in [1.29, 1.82) is 0 Å². The van der Waals surface area contributed by atoms with Crippen LogP contribution in [0.1, 0.15) is 23.4 Å². The number of piperazine rings is 1. The standard InChI is InChI=1S/C16H19FN4O/c1-11-2-14(19-22-11)8-21-15-4-16(21)10-20(9-15)7-12-3-13(17)6-18-5-12/h2-3,5-6,15-16H,4,7-10H2,1H3. The molecular weight excluding hydrogens is 283 g/mol. The van der Waals surface area contributed by atoms with Gasteiger partial charge in [-0.25, -0.2) is 4.39 Å². The van der Waals surface area contributed by atoms with E-state index in [1.807, 2.05) is 13.0 Å². The molecule has 0 aliphatic carbocycles. The third-order valence-electron chi connectivity index (χ3n) is 4.61. The molecular formula is C16H19FN4O. The van der Waals surface area contributed by atoms with Gasteiger partial charge >= 0.3 is 0 Å². The fourth-order valence-electron chi connectivity index (χ4n) is 3.64. The van der Waals surface area contributed by atoms with E-state index >= 15 is 0 Å². The number of hydrogen-bond donors (Lipinski definition) is 0. The molecule has 3 aliphatic rings. The van der Waals surface area contributed by atoms with Crippen molar-refractivity contribution in [2.75, 3.05) is 13.1 Å². The van der Waals surface area contributed by atoms with Crippen LogP contribution in [0.25, 0.3) is 0 Å². The first-order valence-electron chi connectivity index (χ1n) is 7.67. The number of hydrogen-bond acceptors (Lipinski definition) is 5. The molecule has 116 valence electrons. The van der Waals surface area contributed by atoms with Gasteiger partial charge in [0, 0.05) is 50.5 Å². The SMILES string of the molecule is Cc1cc(CN2C3CC2CN(Cc2cncc(F)c2)C3)no1. The topological polar surface area (TPSA) is 45.4 Å². The van der Waals surface area contributed by atoms with Gasteiger partial charge in [0.25, 0.3) is 0 Å². The van der Waals surface area contributed by atoms with Gasteiger partial charge in [-0.3, -0.25) is 14.8 Å². The first-order valence-corrected chi connectivity index (χ1v) is 7.67. The highest BCUT2D eigenvalue weighted by atomic mass is 19.1.